The molecule has 3 heteroatoms. The molecule has 2 rings (SSSR count). The zero-order valence-corrected chi connectivity index (χ0v) is 8.36. The van der Waals surface area contributed by atoms with Crippen LogP contribution in [0.5, 0.6) is 0 Å². The van der Waals surface area contributed by atoms with Crippen molar-refractivity contribution in [1.29, 1.82) is 0 Å². The van der Waals surface area contributed by atoms with E-state index in [1.54, 1.807) is 12.4 Å². The lowest BCUT2D eigenvalue weighted by molar-refractivity contribution is 0.638. The third kappa shape index (κ3) is 1.46. The summed E-state index contributed by atoms with van der Waals surface area (Å²) in [5.41, 5.74) is 2.05. The van der Waals surface area contributed by atoms with E-state index < -0.39 is 0 Å². The van der Waals surface area contributed by atoms with Gasteiger partial charge in [-0.25, -0.2) is 0 Å². The molecule has 0 aliphatic carbocycles. The van der Waals surface area contributed by atoms with Gasteiger partial charge in [-0.05, 0) is 32.2 Å². The number of pyridine rings is 2. The molecule has 14 heavy (non-hydrogen) atoms. The van der Waals surface area contributed by atoms with E-state index in [4.69, 9.17) is 0 Å². The fraction of sp³-hybridized carbons (Fsp3) is 0.273. The minimum Gasteiger partial charge on any atom is -0.312 e. The van der Waals surface area contributed by atoms with Crippen molar-refractivity contribution in [2.24, 2.45) is 0 Å². The summed E-state index contributed by atoms with van der Waals surface area (Å²) in [7, 11) is 1.93. The van der Waals surface area contributed by atoms with Gasteiger partial charge in [-0.15, -0.1) is 0 Å². The highest BCUT2D eigenvalue weighted by Crippen LogP contribution is 2.19. The SMILES string of the molecule is CN[C@@H](C)c1nccc2ncccc12. The van der Waals surface area contributed by atoms with Gasteiger partial charge < -0.3 is 5.32 Å². The standard InChI is InChI=1S/C11H13N3/c1-8(12-2)11-9-4-3-6-13-10(9)5-7-14-11/h3-8,12H,1-2H3/t8-/m0/s1. The molecule has 0 aromatic carbocycles. The van der Waals surface area contributed by atoms with Crippen LogP contribution in [-0.4, -0.2) is 17.0 Å². The first-order valence-electron chi connectivity index (χ1n) is 4.70. The van der Waals surface area contributed by atoms with Crippen molar-refractivity contribution in [1.82, 2.24) is 15.3 Å². The van der Waals surface area contributed by atoms with E-state index in [-0.39, 0.29) is 6.04 Å². The smallest absolute Gasteiger partial charge is 0.0736 e. The zero-order chi connectivity index (χ0) is 9.97. The number of hydrogen-bond acceptors (Lipinski definition) is 3. The Balaban J connectivity index is 2.65. The van der Waals surface area contributed by atoms with E-state index in [2.05, 4.69) is 28.3 Å². The van der Waals surface area contributed by atoms with Crippen LogP contribution in [0.1, 0.15) is 18.7 Å². The van der Waals surface area contributed by atoms with Crippen LogP contribution < -0.4 is 5.32 Å². The van der Waals surface area contributed by atoms with Crippen LogP contribution in [0, 0.1) is 0 Å². The van der Waals surface area contributed by atoms with E-state index in [0.717, 1.165) is 16.6 Å². The highest BCUT2D eigenvalue weighted by molar-refractivity contribution is 5.80. The van der Waals surface area contributed by atoms with Gasteiger partial charge in [-0.1, -0.05) is 0 Å². The van der Waals surface area contributed by atoms with Gasteiger partial charge in [0.05, 0.1) is 11.2 Å². The Labute approximate surface area is 83.2 Å². The van der Waals surface area contributed by atoms with Gasteiger partial charge in [-0.3, -0.25) is 9.97 Å². The largest absolute Gasteiger partial charge is 0.312 e. The second-order valence-electron chi connectivity index (χ2n) is 3.28. The highest BCUT2D eigenvalue weighted by atomic mass is 14.9. The van der Waals surface area contributed by atoms with Crippen LogP contribution in [-0.2, 0) is 0 Å². The predicted octanol–water partition coefficient (Wildman–Crippen LogP) is 1.91. The molecule has 1 atom stereocenters. The normalized spacial score (nSPS) is 13.0. The Bertz CT molecular complexity index is 434. The van der Waals surface area contributed by atoms with Gasteiger partial charge in [0.2, 0.25) is 0 Å². The summed E-state index contributed by atoms with van der Waals surface area (Å²) in [4.78, 5) is 8.67. The van der Waals surface area contributed by atoms with Gasteiger partial charge >= 0.3 is 0 Å². The first-order valence-corrected chi connectivity index (χ1v) is 4.70. The molecule has 0 radical (unpaired) electrons. The lowest BCUT2D eigenvalue weighted by atomic mass is 10.1. The van der Waals surface area contributed by atoms with E-state index in [0.29, 0.717) is 0 Å². The summed E-state index contributed by atoms with van der Waals surface area (Å²) in [5.74, 6) is 0. The molecule has 0 saturated heterocycles. The van der Waals surface area contributed by atoms with E-state index in [9.17, 15) is 0 Å². The monoisotopic (exact) mass is 187 g/mol. The van der Waals surface area contributed by atoms with E-state index in [1.165, 1.54) is 0 Å². The molecule has 0 aliphatic heterocycles. The Morgan fingerprint density at radius 2 is 2.07 bits per heavy atom. The van der Waals surface area contributed by atoms with Gasteiger partial charge in [-0.2, -0.15) is 0 Å². The summed E-state index contributed by atoms with van der Waals surface area (Å²) in [6.07, 6.45) is 3.61. The molecule has 1 N–H and O–H groups in total. The second kappa shape index (κ2) is 3.72. The Kier molecular flexibility index (Phi) is 2.41. The predicted molar refractivity (Wildman–Crippen MR) is 57.0 cm³/mol. The lowest BCUT2D eigenvalue weighted by Crippen LogP contribution is -2.14. The molecule has 0 aliphatic rings. The molecule has 2 heterocycles. The number of nitrogens with one attached hydrogen (secondary N) is 1. The van der Waals surface area contributed by atoms with Crippen molar-refractivity contribution < 1.29 is 0 Å². The number of aromatic nitrogens is 2. The zero-order valence-electron chi connectivity index (χ0n) is 8.36. The Hall–Kier alpha value is -1.48. The first-order chi connectivity index (χ1) is 6.83. The number of nitrogens with zero attached hydrogens (tertiary/aromatic N) is 2. The van der Waals surface area contributed by atoms with Crippen molar-refractivity contribution in [2.45, 2.75) is 13.0 Å². The quantitative estimate of drug-likeness (QED) is 0.780. The van der Waals surface area contributed by atoms with Crippen molar-refractivity contribution in [3.63, 3.8) is 0 Å². The van der Waals surface area contributed by atoms with E-state index >= 15 is 0 Å². The molecule has 0 bridgehead atoms. The topological polar surface area (TPSA) is 37.8 Å². The third-order valence-electron chi connectivity index (χ3n) is 2.40. The van der Waals surface area contributed by atoms with Gasteiger partial charge in [0.25, 0.3) is 0 Å². The molecular formula is C11H13N3. The molecule has 0 fully saturated rings. The molecule has 2 aromatic rings. The van der Waals surface area contributed by atoms with Crippen LogP contribution in [0.15, 0.2) is 30.6 Å². The lowest BCUT2D eigenvalue weighted by Gasteiger charge is -2.11. The maximum Gasteiger partial charge on any atom is 0.0736 e. The fourth-order valence-electron chi connectivity index (χ4n) is 1.51. The first kappa shape index (κ1) is 9.09. The van der Waals surface area contributed by atoms with Crippen LogP contribution in [0.3, 0.4) is 0 Å². The van der Waals surface area contributed by atoms with Gasteiger partial charge in [0.1, 0.15) is 0 Å². The summed E-state index contributed by atoms with van der Waals surface area (Å²) in [6.45, 7) is 2.09. The van der Waals surface area contributed by atoms with Crippen molar-refractivity contribution in [3.8, 4) is 0 Å². The van der Waals surface area contributed by atoms with Gasteiger partial charge in [0.15, 0.2) is 0 Å². The molecular weight excluding hydrogens is 174 g/mol. The number of hydrogen-bond donors (Lipinski definition) is 1. The van der Waals surface area contributed by atoms with E-state index in [1.807, 2.05) is 19.2 Å². The van der Waals surface area contributed by atoms with Crippen LogP contribution >= 0.6 is 0 Å². The van der Waals surface area contributed by atoms with Crippen molar-refractivity contribution in [2.75, 3.05) is 7.05 Å². The molecule has 3 nitrogen and oxygen atoms in total. The minimum absolute atomic E-state index is 0.253. The third-order valence-corrected chi connectivity index (χ3v) is 2.40. The number of fused-ring (bicyclic) bond motifs is 1. The molecule has 72 valence electrons. The summed E-state index contributed by atoms with van der Waals surface area (Å²) in [6, 6.07) is 6.18. The van der Waals surface area contributed by atoms with Crippen LogP contribution in [0.4, 0.5) is 0 Å². The second-order valence-corrected chi connectivity index (χ2v) is 3.28. The molecule has 0 amide bonds. The van der Waals surface area contributed by atoms with Gasteiger partial charge in [0, 0.05) is 23.8 Å². The Morgan fingerprint density at radius 3 is 2.86 bits per heavy atom. The van der Waals surface area contributed by atoms with Crippen LogP contribution in [0.2, 0.25) is 0 Å². The summed E-state index contributed by atoms with van der Waals surface area (Å²) < 4.78 is 0. The minimum atomic E-state index is 0.253. The fourth-order valence-corrected chi connectivity index (χ4v) is 1.51. The van der Waals surface area contributed by atoms with Crippen molar-refractivity contribution in [3.05, 3.63) is 36.3 Å². The average molecular weight is 187 g/mol. The molecule has 2 aromatic heterocycles. The molecule has 0 unspecified atom stereocenters. The Morgan fingerprint density at radius 1 is 1.21 bits per heavy atom. The summed E-state index contributed by atoms with van der Waals surface area (Å²) in [5, 5.41) is 4.31. The number of rotatable bonds is 2. The maximum atomic E-state index is 4.38. The average Bonchev–Trinajstić information content (AvgIpc) is 2.27. The molecule has 0 spiro atoms. The summed E-state index contributed by atoms with van der Waals surface area (Å²) >= 11 is 0. The molecule has 0 saturated carbocycles. The highest BCUT2D eigenvalue weighted by Gasteiger charge is 2.08. The van der Waals surface area contributed by atoms with Crippen molar-refractivity contribution >= 4 is 10.9 Å². The van der Waals surface area contributed by atoms with Crippen LogP contribution in [0.25, 0.3) is 10.9 Å². The maximum absolute atomic E-state index is 4.38.